The van der Waals surface area contributed by atoms with Crippen LogP contribution in [0.1, 0.15) is 72.6 Å². The Kier molecular flexibility index (Phi) is 8.40. The molecule has 1 heterocycles. The number of hydrogen-bond donors (Lipinski definition) is 3. The Labute approximate surface area is 207 Å². The highest BCUT2D eigenvalue weighted by atomic mass is 16.2. The smallest absolute Gasteiger partial charge is 0.253 e. The molecule has 0 aromatic heterocycles. The molecule has 0 radical (unpaired) electrons. The number of hydrogen-bond acceptors (Lipinski definition) is 4. The van der Waals surface area contributed by atoms with E-state index in [4.69, 9.17) is 0 Å². The highest BCUT2D eigenvalue weighted by Crippen LogP contribution is 2.20. The zero-order valence-corrected chi connectivity index (χ0v) is 20.5. The first kappa shape index (κ1) is 24.8. The Morgan fingerprint density at radius 2 is 1.40 bits per heavy atom. The van der Waals surface area contributed by atoms with E-state index in [0.29, 0.717) is 22.7 Å². The van der Waals surface area contributed by atoms with Crippen LogP contribution in [-0.2, 0) is 4.79 Å². The zero-order chi connectivity index (χ0) is 24.6. The quantitative estimate of drug-likeness (QED) is 0.542. The Bertz CT molecular complexity index is 1010. The number of amides is 3. The van der Waals surface area contributed by atoms with Gasteiger partial charge in [-0.3, -0.25) is 14.4 Å². The number of carbonyl (C=O) groups is 3. The first-order valence-corrected chi connectivity index (χ1v) is 12.8. The fraction of sp³-hybridized carbons (Fsp3) is 0.464. The van der Waals surface area contributed by atoms with E-state index in [1.54, 1.807) is 36.4 Å². The topological polar surface area (TPSA) is 90.5 Å². The summed E-state index contributed by atoms with van der Waals surface area (Å²) in [6, 6.07) is 14.5. The monoisotopic (exact) mass is 476 g/mol. The SMILES string of the molecule is CC1CCN(C(=O)c2ccc(NC(=O)CNc3ccc(C(=O)NC4CCCCC4)cc3)cc2)CC1. The average molecular weight is 477 g/mol. The van der Waals surface area contributed by atoms with Gasteiger partial charge in [-0.2, -0.15) is 0 Å². The third-order valence-electron chi connectivity index (χ3n) is 7.03. The van der Waals surface area contributed by atoms with E-state index >= 15 is 0 Å². The van der Waals surface area contributed by atoms with E-state index < -0.39 is 0 Å². The van der Waals surface area contributed by atoms with Gasteiger partial charge in [0.25, 0.3) is 11.8 Å². The van der Waals surface area contributed by atoms with Gasteiger partial charge in [0, 0.05) is 41.6 Å². The number of nitrogens with zero attached hydrogens (tertiary/aromatic N) is 1. The summed E-state index contributed by atoms with van der Waals surface area (Å²) in [5, 5.41) is 9.05. The lowest BCUT2D eigenvalue weighted by molar-refractivity contribution is -0.114. The molecule has 1 saturated carbocycles. The Morgan fingerprint density at radius 1 is 0.800 bits per heavy atom. The molecule has 3 amide bonds. The number of benzene rings is 2. The van der Waals surface area contributed by atoms with E-state index in [2.05, 4.69) is 22.9 Å². The van der Waals surface area contributed by atoms with E-state index in [1.165, 1.54) is 19.3 Å². The first-order chi connectivity index (χ1) is 17.0. The molecule has 7 nitrogen and oxygen atoms in total. The summed E-state index contributed by atoms with van der Waals surface area (Å²) >= 11 is 0. The lowest BCUT2D eigenvalue weighted by Crippen LogP contribution is -2.37. The number of carbonyl (C=O) groups excluding carboxylic acids is 3. The molecule has 2 aromatic rings. The Balaban J connectivity index is 1.21. The van der Waals surface area contributed by atoms with Gasteiger partial charge in [-0.05, 0) is 80.1 Å². The highest BCUT2D eigenvalue weighted by Gasteiger charge is 2.21. The van der Waals surface area contributed by atoms with Crippen molar-refractivity contribution in [3.8, 4) is 0 Å². The van der Waals surface area contributed by atoms with E-state index in [0.717, 1.165) is 44.5 Å². The highest BCUT2D eigenvalue weighted by molar-refractivity contribution is 5.97. The Morgan fingerprint density at radius 3 is 2.06 bits per heavy atom. The second kappa shape index (κ2) is 11.9. The number of rotatable bonds is 7. The first-order valence-electron chi connectivity index (χ1n) is 12.8. The van der Waals surface area contributed by atoms with Gasteiger partial charge in [0.2, 0.25) is 5.91 Å². The van der Waals surface area contributed by atoms with Gasteiger partial charge in [-0.25, -0.2) is 0 Å². The zero-order valence-electron chi connectivity index (χ0n) is 20.5. The fourth-order valence-electron chi connectivity index (χ4n) is 4.73. The van der Waals surface area contributed by atoms with Gasteiger partial charge in [-0.1, -0.05) is 26.2 Å². The number of piperidine rings is 1. The van der Waals surface area contributed by atoms with Gasteiger partial charge in [0.05, 0.1) is 6.54 Å². The summed E-state index contributed by atoms with van der Waals surface area (Å²) < 4.78 is 0. The van der Waals surface area contributed by atoms with Crippen molar-refractivity contribution in [2.75, 3.05) is 30.3 Å². The number of likely N-dealkylation sites (tertiary alicyclic amines) is 1. The predicted octanol–water partition coefficient (Wildman–Crippen LogP) is 4.67. The summed E-state index contributed by atoms with van der Waals surface area (Å²) in [5.74, 6) is 0.493. The van der Waals surface area contributed by atoms with Crippen LogP contribution in [0.2, 0.25) is 0 Å². The molecule has 3 N–H and O–H groups in total. The maximum atomic E-state index is 12.7. The molecule has 4 rings (SSSR count). The predicted molar refractivity (Wildman–Crippen MR) is 139 cm³/mol. The molecule has 0 bridgehead atoms. The van der Waals surface area contributed by atoms with Crippen LogP contribution in [0.15, 0.2) is 48.5 Å². The normalized spacial score (nSPS) is 17.0. The second-order valence-corrected chi connectivity index (χ2v) is 9.84. The maximum Gasteiger partial charge on any atom is 0.253 e. The molecule has 186 valence electrons. The van der Waals surface area contributed by atoms with Crippen LogP contribution in [0, 0.1) is 5.92 Å². The maximum absolute atomic E-state index is 12.7. The summed E-state index contributed by atoms with van der Waals surface area (Å²) in [6.45, 7) is 3.92. The molecule has 1 aliphatic heterocycles. The van der Waals surface area contributed by atoms with Crippen molar-refractivity contribution >= 4 is 29.1 Å². The molecule has 1 aliphatic carbocycles. The minimum atomic E-state index is -0.187. The van der Waals surface area contributed by atoms with Crippen molar-refractivity contribution in [2.45, 2.75) is 57.9 Å². The van der Waals surface area contributed by atoms with Gasteiger partial charge < -0.3 is 20.9 Å². The minimum Gasteiger partial charge on any atom is -0.376 e. The van der Waals surface area contributed by atoms with E-state index in [1.807, 2.05) is 17.0 Å². The van der Waals surface area contributed by atoms with Crippen LogP contribution in [0.25, 0.3) is 0 Å². The summed E-state index contributed by atoms with van der Waals surface area (Å²) in [5.41, 5.74) is 2.68. The second-order valence-electron chi connectivity index (χ2n) is 9.84. The molecule has 2 aliphatic rings. The molecule has 1 saturated heterocycles. The fourth-order valence-corrected chi connectivity index (χ4v) is 4.73. The number of anilines is 2. The van der Waals surface area contributed by atoms with Gasteiger partial charge >= 0.3 is 0 Å². The standard InChI is InChI=1S/C28H36N4O3/c1-20-15-17-32(18-16-20)28(35)22-9-13-25(14-10-22)30-26(33)19-29-23-11-7-21(8-12-23)27(34)31-24-5-3-2-4-6-24/h7-14,20,24,29H,2-6,15-19H2,1H3,(H,30,33)(H,31,34). The Hall–Kier alpha value is -3.35. The largest absolute Gasteiger partial charge is 0.376 e. The van der Waals surface area contributed by atoms with Crippen LogP contribution < -0.4 is 16.0 Å². The van der Waals surface area contributed by atoms with Crippen molar-refractivity contribution in [1.82, 2.24) is 10.2 Å². The minimum absolute atomic E-state index is 0.0435. The van der Waals surface area contributed by atoms with Crippen molar-refractivity contribution in [2.24, 2.45) is 5.92 Å². The van der Waals surface area contributed by atoms with E-state index in [-0.39, 0.29) is 30.3 Å². The van der Waals surface area contributed by atoms with Crippen molar-refractivity contribution < 1.29 is 14.4 Å². The summed E-state index contributed by atoms with van der Waals surface area (Å²) in [4.78, 5) is 39.4. The van der Waals surface area contributed by atoms with Crippen molar-refractivity contribution in [3.63, 3.8) is 0 Å². The van der Waals surface area contributed by atoms with Crippen LogP contribution in [-0.4, -0.2) is 48.3 Å². The third-order valence-corrected chi connectivity index (χ3v) is 7.03. The van der Waals surface area contributed by atoms with Gasteiger partial charge in [-0.15, -0.1) is 0 Å². The number of nitrogens with one attached hydrogen (secondary N) is 3. The molecule has 7 heteroatoms. The van der Waals surface area contributed by atoms with Gasteiger partial charge in [0.1, 0.15) is 0 Å². The third kappa shape index (κ3) is 7.07. The molecular weight excluding hydrogens is 440 g/mol. The van der Waals surface area contributed by atoms with Crippen LogP contribution in [0.3, 0.4) is 0 Å². The molecular formula is C28H36N4O3. The van der Waals surface area contributed by atoms with Crippen LogP contribution in [0.4, 0.5) is 11.4 Å². The van der Waals surface area contributed by atoms with Crippen LogP contribution >= 0.6 is 0 Å². The van der Waals surface area contributed by atoms with E-state index in [9.17, 15) is 14.4 Å². The summed E-state index contributed by atoms with van der Waals surface area (Å²) in [7, 11) is 0. The molecule has 2 aromatic carbocycles. The molecule has 0 spiro atoms. The molecule has 0 atom stereocenters. The lowest BCUT2D eigenvalue weighted by Gasteiger charge is -2.30. The molecule has 0 unspecified atom stereocenters. The lowest BCUT2D eigenvalue weighted by atomic mass is 9.95. The molecule has 2 fully saturated rings. The molecule has 35 heavy (non-hydrogen) atoms. The van der Waals surface area contributed by atoms with Gasteiger partial charge in [0.15, 0.2) is 0 Å². The van der Waals surface area contributed by atoms with Crippen molar-refractivity contribution in [1.29, 1.82) is 0 Å². The van der Waals surface area contributed by atoms with Crippen LogP contribution in [0.5, 0.6) is 0 Å². The summed E-state index contributed by atoms with van der Waals surface area (Å²) in [6.07, 6.45) is 7.80. The average Bonchev–Trinajstić information content (AvgIpc) is 2.89. The van der Waals surface area contributed by atoms with Crippen molar-refractivity contribution in [3.05, 3.63) is 59.7 Å².